The van der Waals surface area contributed by atoms with Gasteiger partial charge in [-0.1, -0.05) is 18.7 Å². The second kappa shape index (κ2) is 7.40. The molecule has 8 heteroatoms. The fourth-order valence-electron chi connectivity index (χ4n) is 0.985. The zero-order chi connectivity index (χ0) is 14.3. The van der Waals surface area contributed by atoms with E-state index in [9.17, 15) is 27.2 Å². The number of halogens is 4. The van der Waals surface area contributed by atoms with Crippen molar-refractivity contribution in [2.45, 2.75) is 26.4 Å². The van der Waals surface area contributed by atoms with Crippen LogP contribution in [0.1, 0.15) is 20.3 Å². The van der Waals surface area contributed by atoms with Crippen LogP contribution in [0, 0.1) is 0 Å². The minimum Gasteiger partial charge on any atom is -0.466 e. The third-order valence-electron chi connectivity index (χ3n) is 1.66. The number of esters is 1. The number of rotatable bonds is 5. The van der Waals surface area contributed by atoms with Crippen molar-refractivity contribution < 1.29 is 31.9 Å². The summed E-state index contributed by atoms with van der Waals surface area (Å²) in [6.45, 7) is 2.91. The minimum absolute atomic E-state index is 0.0607. The van der Waals surface area contributed by atoms with Gasteiger partial charge in [0, 0.05) is 0 Å². The van der Waals surface area contributed by atoms with Crippen LogP contribution in [-0.4, -0.2) is 29.6 Å². The van der Waals surface area contributed by atoms with Crippen LogP contribution in [0.25, 0.3) is 0 Å². The predicted octanol–water partition coefficient (Wildman–Crippen LogP) is 3.01. The first kappa shape index (κ1) is 16.9. The van der Waals surface area contributed by atoms with Crippen molar-refractivity contribution in [1.29, 1.82) is 0 Å². The first-order chi connectivity index (χ1) is 8.23. The van der Waals surface area contributed by atoms with Gasteiger partial charge in [0.2, 0.25) is 10.9 Å². The van der Waals surface area contributed by atoms with Gasteiger partial charge in [0.1, 0.15) is 0 Å². The molecule has 0 spiro atoms. The fraction of sp³-hybridized carbons (Fsp3) is 0.600. The molecule has 0 N–H and O–H groups in total. The van der Waals surface area contributed by atoms with Crippen molar-refractivity contribution in [2.24, 2.45) is 0 Å². The summed E-state index contributed by atoms with van der Waals surface area (Å²) in [5.41, 5.74) is -1.20. The number of carbonyl (C=O) groups is 2. The summed E-state index contributed by atoms with van der Waals surface area (Å²) in [5, 5.41) is -1.11. The highest BCUT2D eigenvalue weighted by Gasteiger charge is 2.39. The average molecular weight is 288 g/mol. The molecule has 0 bridgehead atoms. The number of allylic oxidation sites excluding steroid dienone is 1. The van der Waals surface area contributed by atoms with E-state index in [2.05, 4.69) is 4.74 Å². The number of thioether (sulfide) groups is 1. The largest absolute Gasteiger partial charge is 0.466 e. The molecule has 0 aromatic heterocycles. The molecule has 0 aliphatic heterocycles. The van der Waals surface area contributed by atoms with Crippen molar-refractivity contribution in [3.05, 3.63) is 11.4 Å². The molecule has 0 fully saturated rings. The van der Waals surface area contributed by atoms with Crippen LogP contribution in [0.5, 0.6) is 0 Å². The first-order valence-electron chi connectivity index (χ1n) is 5.02. The molecule has 0 saturated carbocycles. The molecule has 0 aliphatic rings. The molecule has 3 nitrogen and oxygen atoms in total. The van der Waals surface area contributed by atoms with E-state index in [0.29, 0.717) is 11.8 Å². The molecule has 0 aromatic rings. The van der Waals surface area contributed by atoms with E-state index in [0.717, 1.165) is 0 Å². The lowest BCUT2D eigenvalue weighted by molar-refractivity contribution is -0.143. The van der Waals surface area contributed by atoms with Crippen LogP contribution in [0.15, 0.2) is 11.4 Å². The number of ether oxygens (including phenoxy) is 1. The molecule has 0 rings (SSSR count). The Morgan fingerprint density at radius 2 is 1.78 bits per heavy atom. The third kappa shape index (κ3) is 5.52. The van der Waals surface area contributed by atoms with Crippen molar-refractivity contribution in [2.75, 3.05) is 12.4 Å². The molecular weight excluding hydrogens is 276 g/mol. The Hall–Kier alpha value is -1.05. The summed E-state index contributed by atoms with van der Waals surface area (Å²) >= 11 is 0.499. The SMILES string of the molecule is CCOC(=O)CC(C(=O)SCC)=C(F)C(F)(F)F. The van der Waals surface area contributed by atoms with Crippen LogP contribution in [0.4, 0.5) is 17.6 Å². The van der Waals surface area contributed by atoms with Crippen LogP contribution >= 0.6 is 11.8 Å². The van der Waals surface area contributed by atoms with Gasteiger partial charge in [-0.3, -0.25) is 9.59 Å². The maximum Gasteiger partial charge on any atom is 0.443 e. The van der Waals surface area contributed by atoms with Crippen molar-refractivity contribution >= 4 is 22.8 Å². The number of hydrogen-bond acceptors (Lipinski definition) is 4. The quantitative estimate of drug-likeness (QED) is 0.443. The summed E-state index contributed by atoms with van der Waals surface area (Å²) < 4.78 is 54.0. The van der Waals surface area contributed by atoms with Crippen molar-refractivity contribution in [3.8, 4) is 0 Å². The summed E-state index contributed by atoms with van der Waals surface area (Å²) in [5.74, 6) is -3.44. The van der Waals surface area contributed by atoms with Gasteiger partial charge in [-0.25, -0.2) is 4.39 Å². The molecule has 0 saturated heterocycles. The summed E-state index contributed by atoms with van der Waals surface area (Å²) in [6, 6.07) is 0. The Bertz CT molecular complexity index is 350. The van der Waals surface area contributed by atoms with E-state index < -0.39 is 35.1 Å². The Balaban J connectivity index is 5.19. The lowest BCUT2D eigenvalue weighted by Crippen LogP contribution is -2.17. The molecule has 0 unspecified atom stereocenters. The Labute approximate surface area is 106 Å². The topological polar surface area (TPSA) is 43.4 Å². The van der Waals surface area contributed by atoms with Gasteiger partial charge < -0.3 is 4.74 Å². The molecule has 104 valence electrons. The van der Waals surface area contributed by atoms with Gasteiger partial charge >= 0.3 is 12.1 Å². The normalized spacial score (nSPS) is 13.0. The Kier molecular flexibility index (Phi) is 6.97. The minimum atomic E-state index is -5.29. The molecular formula is C10H12F4O3S. The molecule has 0 heterocycles. The van der Waals surface area contributed by atoms with E-state index in [1.807, 2.05) is 0 Å². The van der Waals surface area contributed by atoms with Crippen LogP contribution in [0.2, 0.25) is 0 Å². The van der Waals surface area contributed by atoms with Crippen LogP contribution in [0.3, 0.4) is 0 Å². The van der Waals surface area contributed by atoms with E-state index in [1.165, 1.54) is 13.8 Å². The molecule has 0 aromatic carbocycles. The summed E-state index contributed by atoms with van der Waals surface area (Å²) in [4.78, 5) is 22.4. The van der Waals surface area contributed by atoms with E-state index in [-0.39, 0.29) is 12.4 Å². The van der Waals surface area contributed by atoms with Crippen LogP contribution < -0.4 is 0 Å². The van der Waals surface area contributed by atoms with Crippen molar-refractivity contribution in [3.63, 3.8) is 0 Å². The molecule has 0 radical (unpaired) electrons. The zero-order valence-electron chi connectivity index (χ0n) is 9.77. The van der Waals surface area contributed by atoms with Gasteiger partial charge in [-0.15, -0.1) is 0 Å². The highest BCUT2D eigenvalue weighted by Crippen LogP contribution is 2.32. The van der Waals surface area contributed by atoms with Crippen LogP contribution in [-0.2, 0) is 14.3 Å². The van der Waals surface area contributed by atoms with Gasteiger partial charge in [-0.2, -0.15) is 13.2 Å². The third-order valence-corrected chi connectivity index (χ3v) is 2.46. The Morgan fingerprint density at radius 3 is 2.17 bits per heavy atom. The van der Waals surface area contributed by atoms with Gasteiger partial charge in [0.05, 0.1) is 18.6 Å². The lowest BCUT2D eigenvalue weighted by Gasteiger charge is -2.10. The second-order valence-electron chi connectivity index (χ2n) is 2.99. The Morgan fingerprint density at radius 1 is 1.22 bits per heavy atom. The summed E-state index contributed by atoms with van der Waals surface area (Å²) in [6.07, 6.45) is -6.31. The number of alkyl halides is 3. The lowest BCUT2D eigenvalue weighted by atomic mass is 10.2. The highest BCUT2D eigenvalue weighted by atomic mass is 32.2. The van der Waals surface area contributed by atoms with E-state index in [4.69, 9.17) is 0 Å². The van der Waals surface area contributed by atoms with E-state index >= 15 is 0 Å². The fourth-order valence-corrected chi connectivity index (χ4v) is 1.58. The first-order valence-corrected chi connectivity index (χ1v) is 6.01. The number of hydrogen-bond donors (Lipinski definition) is 0. The zero-order valence-corrected chi connectivity index (χ0v) is 10.6. The maximum atomic E-state index is 13.1. The van der Waals surface area contributed by atoms with Gasteiger partial charge in [0.25, 0.3) is 0 Å². The standard InChI is InChI=1S/C10H12F4O3S/c1-3-17-7(15)5-6(9(16)18-4-2)8(11)10(12,13)14/h3-5H2,1-2H3. The van der Waals surface area contributed by atoms with Gasteiger partial charge in [-0.05, 0) is 12.7 Å². The monoisotopic (exact) mass is 288 g/mol. The van der Waals surface area contributed by atoms with Gasteiger partial charge in [0.15, 0.2) is 0 Å². The molecule has 0 amide bonds. The summed E-state index contributed by atoms with van der Waals surface area (Å²) in [7, 11) is 0. The smallest absolute Gasteiger partial charge is 0.443 e. The average Bonchev–Trinajstić information content (AvgIpc) is 2.24. The number of carbonyl (C=O) groups excluding carboxylic acids is 2. The maximum absolute atomic E-state index is 13.1. The predicted molar refractivity (Wildman–Crippen MR) is 58.6 cm³/mol. The highest BCUT2D eigenvalue weighted by molar-refractivity contribution is 8.14. The molecule has 0 atom stereocenters. The second-order valence-corrected chi connectivity index (χ2v) is 4.23. The molecule has 0 aliphatic carbocycles. The molecule has 18 heavy (non-hydrogen) atoms. The van der Waals surface area contributed by atoms with Crippen molar-refractivity contribution in [1.82, 2.24) is 0 Å². The van der Waals surface area contributed by atoms with E-state index in [1.54, 1.807) is 0 Å².